The molecule has 1 aromatic carbocycles. The monoisotopic (exact) mass is 251 g/mol. The van der Waals surface area contributed by atoms with Crippen LogP contribution in [0.15, 0.2) is 30.3 Å². The molecule has 0 unspecified atom stereocenters. The normalized spacial score (nSPS) is 13.3. The predicted octanol–water partition coefficient (Wildman–Crippen LogP) is 2.59. The van der Waals surface area contributed by atoms with E-state index in [-0.39, 0.29) is 5.78 Å². The molecule has 0 saturated heterocycles. The van der Waals surface area contributed by atoms with Crippen LogP contribution >= 0.6 is 0 Å². The van der Waals surface area contributed by atoms with E-state index >= 15 is 0 Å². The first-order valence-corrected chi connectivity index (χ1v) is 6.36. The number of aryl methyl sites for hydroxylation is 1. The average molecular weight is 251 g/mol. The largest absolute Gasteiger partial charge is 0.294 e. The van der Waals surface area contributed by atoms with Gasteiger partial charge in [-0.15, -0.1) is 0 Å². The zero-order valence-corrected chi connectivity index (χ0v) is 10.5. The molecule has 0 saturated carbocycles. The van der Waals surface area contributed by atoms with Crippen LogP contribution in [0.25, 0.3) is 11.3 Å². The summed E-state index contributed by atoms with van der Waals surface area (Å²) in [6.45, 7) is 0.555. The molecule has 4 heteroatoms. The fourth-order valence-electron chi connectivity index (χ4n) is 2.54. The summed E-state index contributed by atoms with van der Waals surface area (Å²) in [5, 5.41) is 13.2. The van der Waals surface area contributed by atoms with Crippen LogP contribution in [-0.4, -0.2) is 15.6 Å². The smallest absolute Gasteiger partial charge is 0.167 e. The lowest BCUT2D eigenvalue weighted by Crippen LogP contribution is -2.03. The Morgan fingerprint density at radius 2 is 2.05 bits per heavy atom. The minimum absolute atomic E-state index is 0.164. The zero-order chi connectivity index (χ0) is 13.2. The third kappa shape index (κ3) is 1.93. The molecule has 0 bridgehead atoms. The molecule has 0 N–H and O–H groups in total. The van der Waals surface area contributed by atoms with Gasteiger partial charge in [0.05, 0.1) is 30.3 Å². The Balaban J connectivity index is 2.11. The van der Waals surface area contributed by atoms with Gasteiger partial charge >= 0.3 is 0 Å². The maximum Gasteiger partial charge on any atom is 0.167 e. The Hall–Kier alpha value is -2.41. The van der Waals surface area contributed by atoms with Gasteiger partial charge in [0, 0.05) is 12.0 Å². The van der Waals surface area contributed by atoms with Gasteiger partial charge in [-0.3, -0.25) is 9.48 Å². The van der Waals surface area contributed by atoms with Crippen LogP contribution in [-0.2, 0) is 13.0 Å². The Morgan fingerprint density at radius 1 is 1.26 bits per heavy atom. The van der Waals surface area contributed by atoms with E-state index in [1.807, 2.05) is 35.0 Å². The SMILES string of the molecule is N#CCCn1nc(-c2ccccc2)c2c1CCC2=O. The van der Waals surface area contributed by atoms with Gasteiger partial charge in [0.2, 0.25) is 0 Å². The Bertz CT molecular complexity index is 665. The summed E-state index contributed by atoms with van der Waals surface area (Å²) >= 11 is 0. The van der Waals surface area contributed by atoms with Crippen LogP contribution in [0.5, 0.6) is 0 Å². The van der Waals surface area contributed by atoms with Gasteiger partial charge in [0.1, 0.15) is 5.69 Å². The van der Waals surface area contributed by atoms with Crippen LogP contribution in [0.3, 0.4) is 0 Å². The number of carbonyl (C=O) groups is 1. The van der Waals surface area contributed by atoms with E-state index < -0.39 is 0 Å². The van der Waals surface area contributed by atoms with Crippen molar-refractivity contribution in [1.29, 1.82) is 5.26 Å². The van der Waals surface area contributed by atoms with E-state index in [9.17, 15) is 4.79 Å². The number of nitriles is 1. The van der Waals surface area contributed by atoms with E-state index in [4.69, 9.17) is 5.26 Å². The molecule has 0 spiro atoms. The molecule has 0 atom stereocenters. The van der Waals surface area contributed by atoms with Crippen LogP contribution in [0, 0.1) is 11.3 Å². The summed E-state index contributed by atoms with van der Waals surface area (Å²) in [7, 11) is 0. The predicted molar refractivity (Wildman–Crippen MR) is 70.5 cm³/mol. The summed E-state index contributed by atoms with van der Waals surface area (Å²) in [5.41, 5.74) is 3.46. The first-order chi connectivity index (χ1) is 9.31. The van der Waals surface area contributed by atoms with Crippen LogP contribution in [0.4, 0.5) is 0 Å². The first-order valence-electron chi connectivity index (χ1n) is 6.36. The summed E-state index contributed by atoms with van der Waals surface area (Å²) < 4.78 is 1.83. The number of fused-ring (bicyclic) bond motifs is 1. The van der Waals surface area contributed by atoms with E-state index in [1.54, 1.807) is 0 Å². The second-order valence-electron chi connectivity index (χ2n) is 4.59. The van der Waals surface area contributed by atoms with Gasteiger partial charge in [-0.1, -0.05) is 30.3 Å². The number of carbonyl (C=O) groups excluding carboxylic acids is 1. The second-order valence-corrected chi connectivity index (χ2v) is 4.59. The molecule has 19 heavy (non-hydrogen) atoms. The fraction of sp³-hybridized carbons (Fsp3) is 0.267. The lowest BCUT2D eigenvalue weighted by atomic mass is 10.1. The summed E-state index contributed by atoms with van der Waals surface area (Å²) in [6.07, 6.45) is 1.70. The lowest BCUT2D eigenvalue weighted by molar-refractivity contribution is 0.0995. The quantitative estimate of drug-likeness (QED) is 0.842. The average Bonchev–Trinajstić information content (AvgIpc) is 2.99. The van der Waals surface area contributed by atoms with Gasteiger partial charge in [0.15, 0.2) is 5.78 Å². The van der Waals surface area contributed by atoms with Crippen molar-refractivity contribution >= 4 is 5.78 Å². The van der Waals surface area contributed by atoms with Crippen molar-refractivity contribution in [1.82, 2.24) is 9.78 Å². The molecule has 94 valence electrons. The van der Waals surface area contributed by atoms with Crippen molar-refractivity contribution in [2.24, 2.45) is 0 Å². The van der Waals surface area contributed by atoms with Crippen molar-refractivity contribution in [3.05, 3.63) is 41.6 Å². The number of aromatic nitrogens is 2. The van der Waals surface area contributed by atoms with Gasteiger partial charge in [0.25, 0.3) is 0 Å². The Kier molecular flexibility index (Phi) is 2.88. The molecule has 1 aliphatic rings. The molecule has 1 aliphatic carbocycles. The number of Topliss-reactive ketones (excluding diaryl/α,β-unsaturated/α-hetero) is 1. The minimum Gasteiger partial charge on any atom is -0.294 e. The van der Waals surface area contributed by atoms with Gasteiger partial charge in [-0.05, 0) is 6.42 Å². The molecular formula is C15H13N3O. The summed E-state index contributed by atoms with van der Waals surface area (Å²) in [6, 6.07) is 11.9. The number of ketones is 1. The second kappa shape index (κ2) is 4.69. The molecule has 1 aromatic heterocycles. The molecule has 0 aliphatic heterocycles. The topological polar surface area (TPSA) is 58.7 Å². The first kappa shape index (κ1) is 11.7. The molecule has 4 nitrogen and oxygen atoms in total. The Labute approximate surface area is 111 Å². The van der Waals surface area contributed by atoms with Crippen LogP contribution in [0.1, 0.15) is 28.9 Å². The van der Waals surface area contributed by atoms with Gasteiger partial charge < -0.3 is 0 Å². The highest BCUT2D eigenvalue weighted by atomic mass is 16.1. The maximum absolute atomic E-state index is 12.0. The lowest BCUT2D eigenvalue weighted by Gasteiger charge is -2.01. The number of rotatable bonds is 3. The third-order valence-corrected chi connectivity index (χ3v) is 3.41. The van der Waals surface area contributed by atoms with Crippen molar-refractivity contribution in [3.8, 4) is 17.3 Å². The number of benzene rings is 1. The van der Waals surface area contributed by atoms with Crippen molar-refractivity contribution < 1.29 is 4.79 Å². The van der Waals surface area contributed by atoms with E-state index in [2.05, 4.69) is 11.2 Å². The number of hydrogen-bond acceptors (Lipinski definition) is 3. The summed E-state index contributed by atoms with van der Waals surface area (Å²) in [4.78, 5) is 12.0. The molecule has 0 radical (unpaired) electrons. The molecule has 0 amide bonds. The fourth-order valence-corrected chi connectivity index (χ4v) is 2.54. The van der Waals surface area contributed by atoms with Gasteiger partial charge in [-0.25, -0.2) is 0 Å². The Morgan fingerprint density at radius 3 is 2.79 bits per heavy atom. The number of nitrogens with zero attached hydrogens (tertiary/aromatic N) is 3. The van der Waals surface area contributed by atoms with Crippen molar-refractivity contribution in [2.45, 2.75) is 25.8 Å². The van der Waals surface area contributed by atoms with Crippen molar-refractivity contribution in [2.75, 3.05) is 0 Å². The van der Waals surface area contributed by atoms with Gasteiger partial charge in [-0.2, -0.15) is 10.4 Å². The van der Waals surface area contributed by atoms with Crippen LogP contribution in [0.2, 0.25) is 0 Å². The highest BCUT2D eigenvalue weighted by Gasteiger charge is 2.29. The molecule has 2 aromatic rings. The standard InChI is InChI=1S/C15H13N3O/c16-9-4-10-18-12-7-8-13(19)14(12)15(17-18)11-5-2-1-3-6-11/h1-3,5-6H,4,7-8,10H2. The molecular weight excluding hydrogens is 238 g/mol. The molecule has 0 fully saturated rings. The van der Waals surface area contributed by atoms with Crippen molar-refractivity contribution in [3.63, 3.8) is 0 Å². The zero-order valence-electron chi connectivity index (χ0n) is 10.5. The minimum atomic E-state index is 0.164. The maximum atomic E-state index is 12.0. The highest BCUT2D eigenvalue weighted by molar-refractivity contribution is 6.05. The van der Waals surface area contributed by atoms with E-state index in [0.29, 0.717) is 19.4 Å². The summed E-state index contributed by atoms with van der Waals surface area (Å²) in [5.74, 6) is 0.164. The van der Waals surface area contributed by atoms with Crippen LogP contribution < -0.4 is 0 Å². The number of hydrogen-bond donors (Lipinski definition) is 0. The highest BCUT2D eigenvalue weighted by Crippen LogP contribution is 2.32. The van der Waals surface area contributed by atoms with E-state index in [0.717, 1.165) is 28.9 Å². The van der Waals surface area contributed by atoms with E-state index in [1.165, 1.54) is 0 Å². The third-order valence-electron chi connectivity index (χ3n) is 3.41. The molecule has 1 heterocycles. The molecule has 3 rings (SSSR count).